The molecule has 68 heavy (non-hydrogen) atoms. The topological polar surface area (TPSA) is 28.2 Å². The van der Waals surface area contributed by atoms with Crippen LogP contribution in [0, 0.1) is 0 Å². The smallest absolute Gasteiger partial charge is 0.252 e. The van der Waals surface area contributed by atoms with E-state index in [0.717, 1.165) is 74.2 Å². The number of fused-ring (bicyclic) bond motifs is 8. The van der Waals surface area contributed by atoms with Gasteiger partial charge in [-0.2, -0.15) is 0 Å². The largest absolute Gasteiger partial charge is 0.457 e. The van der Waals surface area contributed by atoms with Gasteiger partial charge < -0.3 is 24.2 Å². The quantitative estimate of drug-likeness (QED) is 0.148. The molecule has 4 aliphatic rings. The lowest BCUT2D eigenvalue weighted by atomic mass is 9.30. The molecule has 0 saturated heterocycles. The molecule has 318 valence electrons. The second-order valence-corrected chi connectivity index (χ2v) is 18.7. The highest BCUT2D eigenvalue weighted by molar-refractivity contribution is 8.00. The van der Waals surface area contributed by atoms with Crippen LogP contribution in [-0.4, -0.2) is 13.4 Å². The van der Waals surface area contributed by atoms with Gasteiger partial charge in [0.15, 0.2) is 0 Å². The number of ether oxygens (including phenoxy) is 2. The summed E-state index contributed by atoms with van der Waals surface area (Å²) in [5.74, 6) is 3.16. The first-order valence-electron chi connectivity index (χ1n) is 23.1. The molecule has 0 aromatic heterocycles. The molecule has 0 atom stereocenters. The zero-order chi connectivity index (χ0) is 44.7. The van der Waals surface area contributed by atoms with E-state index in [1.165, 1.54) is 42.6 Å². The molecule has 0 saturated carbocycles. The fraction of sp³-hybridized carbons (Fsp3) is 0. The lowest BCUT2D eigenvalue weighted by molar-refractivity contribution is 0.481. The minimum absolute atomic E-state index is 0.0316. The average Bonchev–Trinajstić information content (AvgIpc) is 3.39. The lowest BCUT2D eigenvalue weighted by Crippen LogP contribution is -2.64. The summed E-state index contributed by atoms with van der Waals surface area (Å²) in [7, 11) is 0. The zero-order valence-corrected chi connectivity index (χ0v) is 37.6. The molecular weight excluding hydrogens is 848 g/mol. The maximum absolute atomic E-state index is 6.85. The van der Waals surface area contributed by atoms with E-state index in [9.17, 15) is 0 Å². The highest BCUT2D eigenvalue weighted by Gasteiger charge is 2.47. The zero-order valence-electron chi connectivity index (χ0n) is 36.7. The molecular formula is C60H39B2N3O2S. The molecule has 14 rings (SSSR count). The molecule has 10 aromatic rings. The Labute approximate surface area is 400 Å². The molecule has 8 heteroatoms. The second kappa shape index (κ2) is 15.7. The number of benzene rings is 10. The molecule has 0 fully saturated rings. The number of rotatable bonds is 7. The molecule has 0 aliphatic carbocycles. The molecule has 5 nitrogen and oxygen atoms in total. The summed E-state index contributed by atoms with van der Waals surface area (Å²) >= 11 is 1.84. The van der Waals surface area contributed by atoms with Crippen molar-refractivity contribution in [3.63, 3.8) is 0 Å². The Hall–Kier alpha value is -8.32. The summed E-state index contributed by atoms with van der Waals surface area (Å²) in [5.41, 5.74) is 17.6. The molecule has 0 spiro atoms. The fourth-order valence-electron chi connectivity index (χ4n) is 11.0. The van der Waals surface area contributed by atoms with E-state index in [-0.39, 0.29) is 13.4 Å². The highest BCUT2D eigenvalue weighted by Crippen LogP contribution is 2.49. The maximum Gasteiger partial charge on any atom is 0.252 e. The Bertz CT molecular complexity index is 3580. The van der Waals surface area contributed by atoms with Gasteiger partial charge in [0.1, 0.15) is 23.0 Å². The van der Waals surface area contributed by atoms with Crippen molar-refractivity contribution >= 4 is 109 Å². The highest BCUT2D eigenvalue weighted by atomic mass is 32.2. The normalized spacial score (nSPS) is 13.4. The van der Waals surface area contributed by atoms with Crippen molar-refractivity contribution in [2.75, 3.05) is 14.7 Å². The van der Waals surface area contributed by atoms with Crippen LogP contribution in [-0.2, 0) is 0 Å². The molecule has 10 aromatic carbocycles. The first kappa shape index (κ1) is 38.9. The molecule has 4 heterocycles. The van der Waals surface area contributed by atoms with E-state index >= 15 is 0 Å². The maximum atomic E-state index is 6.85. The van der Waals surface area contributed by atoms with Crippen LogP contribution < -0.4 is 57.0 Å². The summed E-state index contributed by atoms with van der Waals surface area (Å²) in [6.07, 6.45) is 0. The number of hydrogen-bond acceptors (Lipinski definition) is 6. The Morgan fingerprint density at radius 1 is 0.279 bits per heavy atom. The third-order valence-electron chi connectivity index (χ3n) is 13.7. The van der Waals surface area contributed by atoms with E-state index in [4.69, 9.17) is 9.47 Å². The van der Waals surface area contributed by atoms with Crippen LogP contribution in [0.2, 0.25) is 0 Å². The summed E-state index contributed by atoms with van der Waals surface area (Å²) in [5, 5.41) is 0. The molecule has 0 radical (unpaired) electrons. The number of nitrogens with zero attached hydrogens (tertiary/aromatic N) is 3. The Kier molecular flexibility index (Phi) is 8.95. The lowest BCUT2D eigenvalue weighted by Gasteiger charge is -2.46. The molecule has 4 aliphatic heterocycles. The van der Waals surface area contributed by atoms with Crippen LogP contribution in [0.1, 0.15) is 0 Å². The third-order valence-corrected chi connectivity index (χ3v) is 14.9. The predicted molar refractivity (Wildman–Crippen MR) is 283 cm³/mol. The standard InChI is InChI=1S/C60H39B2N3O2S/c1-6-20-40(21-7-1)63-51-32-18-16-30-47(51)61-49-38-50-53(39-52(49)64(41-22-8-2-9-23-41)55-35-45(34-54(63)59(55)61)66-43-26-12-4-13-27-43)65(42-24-10-3-11-25-42)56-36-46(67-44-28-14-5-15-29-44)37-58-60(56)62(50)48-31-17-19-33-57(48)68-58/h1-39H. The predicted octanol–water partition coefficient (Wildman–Crippen LogP) is 12.1. The van der Waals surface area contributed by atoms with Gasteiger partial charge in [-0.25, -0.2) is 0 Å². The van der Waals surface area contributed by atoms with Gasteiger partial charge in [0.05, 0.1) is 0 Å². The Morgan fingerprint density at radius 3 is 1.24 bits per heavy atom. The summed E-state index contributed by atoms with van der Waals surface area (Å²) in [6.45, 7) is -0.126. The average molecular weight is 888 g/mol. The summed E-state index contributed by atoms with van der Waals surface area (Å²) in [6, 6.07) is 84.6. The first-order valence-corrected chi connectivity index (χ1v) is 24.0. The minimum Gasteiger partial charge on any atom is -0.457 e. The van der Waals surface area contributed by atoms with Crippen molar-refractivity contribution in [3.05, 3.63) is 237 Å². The van der Waals surface area contributed by atoms with Gasteiger partial charge in [0.25, 0.3) is 6.71 Å². The first-order chi connectivity index (χ1) is 33.7. The summed E-state index contributed by atoms with van der Waals surface area (Å²) in [4.78, 5) is 9.84. The minimum atomic E-state index is -0.0944. The van der Waals surface area contributed by atoms with Gasteiger partial charge in [-0.15, -0.1) is 0 Å². The monoisotopic (exact) mass is 887 g/mol. The van der Waals surface area contributed by atoms with Gasteiger partial charge in [-0.05, 0) is 112 Å². The van der Waals surface area contributed by atoms with Crippen molar-refractivity contribution < 1.29 is 9.47 Å². The Morgan fingerprint density at radius 2 is 0.691 bits per heavy atom. The molecule has 0 bridgehead atoms. The number of para-hydroxylation sites is 6. The van der Waals surface area contributed by atoms with Crippen molar-refractivity contribution in [1.29, 1.82) is 0 Å². The van der Waals surface area contributed by atoms with E-state index in [2.05, 4.69) is 191 Å². The van der Waals surface area contributed by atoms with Gasteiger partial charge in [-0.1, -0.05) is 151 Å². The van der Waals surface area contributed by atoms with Crippen LogP contribution in [0.5, 0.6) is 23.0 Å². The SMILES string of the molecule is c1ccc(Oc2cc3c4c(c2)N(c2ccccc2)c2cc5c(cc2B4c2ccccc2S3)B2c3ccccc3N(c3ccccc3)c3cc(Oc4ccccc4)cc(c32)N5c2ccccc2)cc1. The molecule has 0 amide bonds. The van der Waals surface area contributed by atoms with Crippen LogP contribution in [0.15, 0.2) is 246 Å². The van der Waals surface area contributed by atoms with Gasteiger partial charge in [0.2, 0.25) is 6.71 Å². The van der Waals surface area contributed by atoms with E-state index in [1.54, 1.807) is 0 Å². The van der Waals surface area contributed by atoms with Crippen LogP contribution in [0.25, 0.3) is 0 Å². The van der Waals surface area contributed by atoms with Gasteiger partial charge in [0, 0.05) is 79.2 Å². The number of hydrogen-bond donors (Lipinski definition) is 0. The van der Waals surface area contributed by atoms with Crippen molar-refractivity contribution in [1.82, 2.24) is 0 Å². The van der Waals surface area contributed by atoms with Crippen LogP contribution in [0.4, 0.5) is 51.2 Å². The van der Waals surface area contributed by atoms with Crippen LogP contribution >= 0.6 is 11.8 Å². The molecule has 0 unspecified atom stereocenters. The van der Waals surface area contributed by atoms with Gasteiger partial charge in [-0.3, -0.25) is 0 Å². The second-order valence-electron chi connectivity index (χ2n) is 17.6. The summed E-state index contributed by atoms with van der Waals surface area (Å²) < 4.78 is 13.6. The fourth-order valence-corrected chi connectivity index (χ4v) is 12.2. The Balaban J connectivity index is 1.08. The van der Waals surface area contributed by atoms with Crippen molar-refractivity contribution in [2.45, 2.75) is 9.79 Å². The van der Waals surface area contributed by atoms with Gasteiger partial charge >= 0.3 is 0 Å². The number of anilines is 9. The van der Waals surface area contributed by atoms with Crippen LogP contribution in [0.3, 0.4) is 0 Å². The van der Waals surface area contributed by atoms with E-state index < -0.39 is 0 Å². The van der Waals surface area contributed by atoms with E-state index in [0.29, 0.717) is 0 Å². The molecule has 0 N–H and O–H groups in total. The third kappa shape index (κ3) is 6.14. The van der Waals surface area contributed by atoms with Crippen molar-refractivity contribution in [3.8, 4) is 23.0 Å². The van der Waals surface area contributed by atoms with Crippen molar-refractivity contribution in [2.24, 2.45) is 0 Å². The van der Waals surface area contributed by atoms with E-state index in [1.807, 2.05) is 72.4 Å².